The zero-order valence-corrected chi connectivity index (χ0v) is 12.7. The number of anilines is 1. The van der Waals surface area contributed by atoms with Crippen molar-refractivity contribution in [1.82, 2.24) is 0 Å². The molecule has 0 spiro atoms. The van der Waals surface area contributed by atoms with Gasteiger partial charge in [0, 0.05) is 17.8 Å². The van der Waals surface area contributed by atoms with Gasteiger partial charge in [-0.3, -0.25) is 4.79 Å². The van der Waals surface area contributed by atoms with Gasteiger partial charge in [-0.05, 0) is 54.8 Å². The highest BCUT2D eigenvalue weighted by Gasteiger charge is 2.32. The molecule has 0 bridgehead atoms. The van der Waals surface area contributed by atoms with E-state index in [1.165, 1.54) is 17.0 Å². The van der Waals surface area contributed by atoms with Crippen molar-refractivity contribution < 1.29 is 31.5 Å². The molecule has 1 aliphatic heterocycles. The Kier molecular flexibility index (Phi) is 4.36. The number of hydrogen-bond donors (Lipinski definition) is 0. The van der Waals surface area contributed by atoms with Gasteiger partial charge < -0.3 is 9.64 Å². The van der Waals surface area contributed by atoms with E-state index in [1.807, 2.05) is 0 Å². The van der Waals surface area contributed by atoms with Crippen LogP contribution >= 0.6 is 0 Å². The average molecular weight is 357 g/mol. The van der Waals surface area contributed by atoms with E-state index in [4.69, 9.17) is 0 Å². The lowest BCUT2D eigenvalue weighted by Gasteiger charge is -2.30. The SMILES string of the molecule is O=C(c1ccc(F)c(F)c1)N1CCCc2cc(OC(F)(F)F)ccc21. The molecule has 1 aliphatic rings. The number of fused-ring (bicyclic) bond motifs is 1. The molecule has 2 aromatic carbocycles. The summed E-state index contributed by atoms with van der Waals surface area (Å²) in [4.78, 5) is 13.9. The quantitative estimate of drug-likeness (QED) is 0.743. The molecule has 1 amide bonds. The number of amides is 1. The maximum Gasteiger partial charge on any atom is 0.573 e. The molecule has 0 aliphatic carbocycles. The summed E-state index contributed by atoms with van der Waals surface area (Å²) in [5.41, 5.74) is 0.904. The number of nitrogens with zero attached hydrogens (tertiary/aromatic N) is 1. The zero-order valence-electron chi connectivity index (χ0n) is 12.7. The Morgan fingerprint density at radius 3 is 2.48 bits per heavy atom. The van der Waals surface area contributed by atoms with Crippen LogP contribution in [0, 0.1) is 11.6 Å². The normalized spacial score (nSPS) is 14.2. The second kappa shape index (κ2) is 6.34. The summed E-state index contributed by atoms with van der Waals surface area (Å²) in [6, 6.07) is 6.51. The maximum atomic E-state index is 13.3. The number of alkyl halides is 3. The van der Waals surface area contributed by atoms with E-state index in [0.717, 1.165) is 24.3 Å². The monoisotopic (exact) mass is 357 g/mol. The average Bonchev–Trinajstić information content (AvgIpc) is 2.54. The minimum absolute atomic E-state index is 0.0395. The van der Waals surface area contributed by atoms with Gasteiger partial charge in [0.25, 0.3) is 5.91 Å². The first kappa shape index (κ1) is 17.2. The summed E-state index contributed by atoms with van der Waals surface area (Å²) in [6.45, 7) is 0.324. The van der Waals surface area contributed by atoms with Gasteiger partial charge in [-0.15, -0.1) is 13.2 Å². The number of benzene rings is 2. The van der Waals surface area contributed by atoms with E-state index in [-0.39, 0.29) is 11.3 Å². The summed E-state index contributed by atoms with van der Waals surface area (Å²) in [7, 11) is 0. The summed E-state index contributed by atoms with van der Waals surface area (Å²) in [5, 5.41) is 0. The Labute approximate surface area is 139 Å². The summed E-state index contributed by atoms with van der Waals surface area (Å²) < 4.78 is 67.2. The van der Waals surface area contributed by atoms with Crippen LogP contribution in [0.5, 0.6) is 5.75 Å². The molecular weight excluding hydrogens is 345 g/mol. The zero-order chi connectivity index (χ0) is 18.2. The number of halogens is 5. The van der Waals surface area contributed by atoms with Crippen LogP contribution in [-0.2, 0) is 6.42 Å². The van der Waals surface area contributed by atoms with E-state index < -0.39 is 23.9 Å². The minimum Gasteiger partial charge on any atom is -0.406 e. The van der Waals surface area contributed by atoms with E-state index in [1.54, 1.807) is 0 Å². The topological polar surface area (TPSA) is 29.5 Å². The van der Waals surface area contributed by atoms with Crippen LogP contribution in [0.4, 0.5) is 27.6 Å². The van der Waals surface area contributed by atoms with E-state index >= 15 is 0 Å². The molecule has 3 rings (SSSR count). The fourth-order valence-corrected chi connectivity index (χ4v) is 2.77. The van der Waals surface area contributed by atoms with Gasteiger partial charge in [-0.2, -0.15) is 0 Å². The molecule has 0 N–H and O–H groups in total. The second-order valence-corrected chi connectivity index (χ2v) is 5.53. The summed E-state index contributed by atoms with van der Waals surface area (Å²) in [5.74, 6) is -3.13. The second-order valence-electron chi connectivity index (χ2n) is 5.53. The fourth-order valence-electron chi connectivity index (χ4n) is 2.77. The molecule has 1 heterocycles. The molecule has 0 fully saturated rings. The van der Waals surface area contributed by atoms with Crippen LogP contribution < -0.4 is 9.64 Å². The van der Waals surface area contributed by atoms with Crippen LogP contribution in [0.1, 0.15) is 22.3 Å². The van der Waals surface area contributed by atoms with Gasteiger partial charge in [-0.1, -0.05) is 0 Å². The standard InChI is InChI=1S/C17H12F5NO2/c18-13-5-3-11(9-14(13)19)16(24)23-7-1-2-10-8-12(4-6-15(10)23)25-17(20,21)22/h3-6,8-9H,1-2,7H2. The molecule has 2 aromatic rings. The number of rotatable bonds is 2. The smallest absolute Gasteiger partial charge is 0.406 e. The van der Waals surface area contributed by atoms with E-state index in [9.17, 15) is 26.7 Å². The van der Waals surface area contributed by atoms with Crippen LogP contribution in [0.15, 0.2) is 36.4 Å². The van der Waals surface area contributed by atoms with Gasteiger partial charge in [0.15, 0.2) is 11.6 Å². The number of carbonyl (C=O) groups is 1. The van der Waals surface area contributed by atoms with Gasteiger partial charge in [0.1, 0.15) is 5.75 Å². The van der Waals surface area contributed by atoms with Crippen LogP contribution in [0.3, 0.4) is 0 Å². The number of ether oxygens (including phenoxy) is 1. The first-order chi connectivity index (χ1) is 11.7. The number of aryl methyl sites for hydroxylation is 1. The summed E-state index contributed by atoms with van der Waals surface area (Å²) >= 11 is 0. The molecule has 0 unspecified atom stereocenters. The molecule has 0 radical (unpaired) electrons. The Balaban J connectivity index is 1.90. The lowest BCUT2D eigenvalue weighted by Crippen LogP contribution is -2.35. The van der Waals surface area contributed by atoms with Crippen molar-refractivity contribution in [3.63, 3.8) is 0 Å². The highest BCUT2D eigenvalue weighted by Crippen LogP contribution is 2.33. The van der Waals surface area contributed by atoms with Crippen LogP contribution in [-0.4, -0.2) is 18.8 Å². The number of carbonyl (C=O) groups excluding carboxylic acids is 1. The first-order valence-electron chi connectivity index (χ1n) is 7.40. The fraction of sp³-hybridized carbons (Fsp3) is 0.235. The predicted molar refractivity (Wildman–Crippen MR) is 79.5 cm³/mol. The van der Waals surface area contributed by atoms with Crippen LogP contribution in [0.25, 0.3) is 0 Å². The highest BCUT2D eigenvalue weighted by molar-refractivity contribution is 6.06. The van der Waals surface area contributed by atoms with E-state index in [0.29, 0.717) is 30.6 Å². The third-order valence-corrected chi connectivity index (χ3v) is 3.81. The largest absolute Gasteiger partial charge is 0.573 e. The van der Waals surface area contributed by atoms with E-state index in [2.05, 4.69) is 4.74 Å². The third-order valence-electron chi connectivity index (χ3n) is 3.81. The van der Waals surface area contributed by atoms with Crippen molar-refractivity contribution in [2.24, 2.45) is 0 Å². The Bertz CT molecular complexity index is 819. The minimum atomic E-state index is -4.80. The van der Waals surface area contributed by atoms with Crippen molar-refractivity contribution in [1.29, 1.82) is 0 Å². The molecule has 25 heavy (non-hydrogen) atoms. The van der Waals surface area contributed by atoms with Gasteiger partial charge in [0.05, 0.1) is 0 Å². The molecule has 0 aromatic heterocycles. The molecule has 3 nitrogen and oxygen atoms in total. The molecule has 0 atom stereocenters. The van der Waals surface area contributed by atoms with Crippen molar-refractivity contribution >= 4 is 11.6 Å². The molecule has 132 valence electrons. The number of hydrogen-bond acceptors (Lipinski definition) is 2. The van der Waals surface area contributed by atoms with Crippen molar-refractivity contribution in [3.8, 4) is 5.75 Å². The Morgan fingerprint density at radius 1 is 1.04 bits per heavy atom. The van der Waals surface area contributed by atoms with Crippen molar-refractivity contribution in [2.45, 2.75) is 19.2 Å². The summed E-state index contributed by atoms with van der Waals surface area (Å²) in [6.07, 6.45) is -3.80. The lowest BCUT2D eigenvalue weighted by molar-refractivity contribution is -0.274. The third kappa shape index (κ3) is 3.72. The van der Waals surface area contributed by atoms with Crippen molar-refractivity contribution in [3.05, 3.63) is 59.2 Å². The molecule has 0 saturated heterocycles. The van der Waals surface area contributed by atoms with Gasteiger partial charge in [-0.25, -0.2) is 8.78 Å². The lowest BCUT2D eigenvalue weighted by atomic mass is 10.0. The maximum absolute atomic E-state index is 13.3. The van der Waals surface area contributed by atoms with Crippen LogP contribution in [0.2, 0.25) is 0 Å². The molecule has 0 saturated carbocycles. The van der Waals surface area contributed by atoms with Crippen molar-refractivity contribution in [2.75, 3.05) is 11.4 Å². The first-order valence-corrected chi connectivity index (χ1v) is 7.40. The molecule has 8 heteroatoms. The highest BCUT2D eigenvalue weighted by atomic mass is 19.4. The molecular formula is C17H12F5NO2. The van der Waals surface area contributed by atoms with Gasteiger partial charge >= 0.3 is 6.36 Å². The Hall–Kier alpha value is -2.64. The van der Waals surface area contributed by atoms with Gasteiger partial charge in [0.2, 0.25) is 0 Å². The Morgan fingerprint density at radius 2 is 1.80 bits per heavy atom. The predicted octanol–water partition coefficient (Wildman–Crippen LogP) is 4.46.